The predicted octanol–water partition coefficient (Wildman–Crippen LogP) is 5.39. The first-order chi connectivity index (χ1) is 12.2. The molecule has 1 aliphatic rings. The molecule has 0 spiro atoms. The van der Waals surface area contributed by atoms with Crippen LogP contribution in [0.3, 0.4) is 0 Å². The summed E-state index contributed by atoms with van der Waals surface area (Å²) in [5, 5.41) is 2.54. The number of alkyl halides is 3. The Morgan fingerprint density at radius 3 is 2.62 bits per heavy atom. The number of carbonyl (C=O) groups excluding carboxylic acids is 1. The van der Waals surface area contributed by atoms with Crippen molar-refractivity contribution in [2.75, 3.05) is 0 Å². The maximum absolute atomic E-state index is 13.2. The van der Waals surface area contributed by atoms with Crippen molar-refractivity contribution in [2.45, 2.75) is 6.18 Å². The van der Waals surface area contributed by atoms with Gasteiger partial charge in [0.05, 0.1) is 21.2 Å². The van der Waals surface area contributed by atoms with Gasteiger partial charge in [0.1, 0.15) is 5.82 Å². The zero-order valence-corrected chi connectivity index (χ0v) is 14.3. The van der Waals surface area contributed by atoms with E-state index in [9.17, 15) is 22.4 Å². The van der Waals surface area contributed by atoms with Crippen LogP contribution < -0.4 is 5.32 Å². The predicted molar refractivity (Wildman–Crippen MR) is 93.7 cm³/mol. The first-order valence-corrected chi connectivity index (χ1v) is 8.34. The van der Waals surface area contributed by atoms with E-state index >= 15 is 0 Å². The molecule has 0 radical (unpaired) electrons. The molecule has 0 bridgehead atoms. The van der Waals surface area contributed by atoms with E-state index in [0.29, 0.717) is 5.56 Å². The summed E-state index contributed by atoms with van der Waals surface area (Å²) in [7, 11) is 0. The Balaban J connectivity index is 1.89. The Bertz CT molecular complexity index is 941. The lowest BCUT2D eigenvalue weighted by atomic mass is 10.2. The largest absolute Gasteiger partial charge is 0.416 e. The summed E-state index contributed by atoms with van der Waals surface area (Å²) in [6.07, 6.45) is -3.08. The van der Waals surface area contributed by atoms with Gasteiger partial charge in [0.2, 0.25) is 0 Å². The number of amidine groups is 1. The number of halogens is 5. The number of aliphatic imine (C=N–C) groups is 1. The highest BCUT2D eigenvalue weighted by Gasteiger charge is 2.31. The Morgan fingerprint density at radius 2 is 1.92 bits per heavy atom. The molecule has 9 heteroatoms. The molecule has 2 aromatic carbocycles. The van der Waals surface area contributed by atoms with Crippen LogP contribution in [-0.4, -0.2) is 11.1 Å². The van der Waals surface area contributed by atoms with E-state index in [1.807, 2.05) is 0 Å². The fourth-order valence-corrected chi connectivity index (χ4v) is 3.11. The smallest absolute Gasteiger partial charge is 0.300 e. The fourth-order valence-electron chi connectivity index (χ4n) is 2.11. The summed E-state index contributed by atoms with van der Waals surface area (Å²) >= 11 is 6.82. The van der Waals surface area contributed by atoms with E-state index in [1.165, 1.54) is 24.3 Å². The summed E-state index contributed by atoms with van der Waals surface area (Å²) in [6.45, 7) is 0. The molecule has 26 heavy (non-hydrogen) atoms. The van der Waals surface area contributed by atoms with Crippen LogP contribution in [0.1, 0.15) is 11.1 Å². The lowest BCUT2D eigenvalue weighted by molar-refractivity contribution is -0.137. The zero-order valence-electron chi connectivity index (χ0n) is 12.8. The van der Waals surface area contributed by atoms with Gasteiger partial charge in [0.15, 0.2) is 5.17 Å². The highest BCUT2D eigenvalue weighted by atomic mass is 35.5. The minimum atomic E-state index is -4.53. The van der Waals surface area contributed by atoms with Gasteiger partial charge >= 0.3 is 6.18 Å². The van der Waals surface area contributed by atoms with E-state index in [-0.39, 0.29) is 20.8 Å². The van der Waals surface area contributed by atoms with Crippen LogP contribution in [0, 0.1) is 5.82 Å². The molecule has 2 aromatic rings. The van der Waals surface area contributed by atoms with Gasteiger partial charge in [0.25, 0.3) is 5.91 Å². The quantitative estimate of drug-likeness (QED) is 0.542. The summed E-state index contributed by atoms with van der Waals surface area (Å²) in [6, 6.07) is 8.37. The molecule has 0 saturated carbocycles. The molecule has 1 fully saturated rings. The third-order valence-corrected chi connectivity index (χ3v) is 4.52. The SMILES string of the molecule is O=C1NC(=Nc2cc(C(F)(F)F)ccc2Cl)S/C1=C\c1cccc(F)c1. The maximum atomic E-state index is 13.2. The molecule has 3 nitrogen and oxygen atoms in total. The van der Waals surface area contributed by atoms with Crippen LogP contribution in [-0.2, 0) is 11.0 Å². The van der Waals surface area contributed by atoms with Crippen molar-refractivity contribution in [1.29, 1.82) is 0 Å². The van der Waals surface area contributed by atoms with E-state index in [1.54, 1.807) is 6.07 Å². The third-order valence-electron chi connectivity index (χ3n) is 3.29. The Hall–Kier alpha value is -2.32. The number of amides is 1. The number of hydrogen-bond donors (Lipinski definition) is 1. The molecule has 1 aliphatic heterocycles. The molecule has 0 atom stereocenters. The summed E-state index contributed by atoms with van der Waals surface area (Å²) in [5.41, 5.74) is -0.539. The lowest BCUT2D eigenvalue weighted by Gasteiger charge is -2.08. The first-order valence-electron chi connectivity index (χ1n) is 7.14. The molecular formula is C17H9ClF4N2OS. The highest BCUT2D eigenvalue weighted by Crippen LogP contribution is 2.36. The standard InChI is InChI=1S/C17H9ClF4N2OS/c18-12-5-4-10(17(20,21)22)8-13(12)23-16-24-15(25)14(26-16)7-9-2-1-3-11(19)6-9/h1-8H,(H,23,24,25)/b14-7-. The van der Waals surface area contributed by atoms with E-state index < -0.39 is 23.5 Å². The maximum Gasteiger partial charge on any atom is 0.416 e. The zero-order chi connectivity index (χ0) is 18.9. The number of benzene rings is 2. The number of thioether (sulfide) groups is 1. The van der Waals surface area contributed by atoms with Crippen molar-refractivity contribution < 1.29 is 22.4 Å². The second kappa shape index (κ2) is 7.13. The van der Waals surface area contributed by atoms with Gasteiger partial charge < -0.3 is 5.32 Å². The van der Waals surface area contributed by atoms with Crippen molar-refractivity contribution in [3.05, 3.63) is 69.3 Å². The normalized spacial score (nSPS) is 17.8. The highest BCUT2D eigenvalue weighted by molar-refractivity contribution is 8.18. The molecule has 0 aromatic heterocycles. The van der Waals surface area contributed by atoms with Gasteiger partial charge in [-0.2, -0.15) is 13.2 Å². The number of nitrogens with one attached hydrogen (secondary N) is 1. The van der Waals surface area contributed by atoms with Crippen molar-refractivity contribution in [3.8, 4) is 0 Å². The van der Waals surface area contributed by atoms with Crippen molar-refractivity contribution in [3.63, 3.8) is 0 Å². The van der Waals surface area contributed by atoms with Gasteiger partial charge in [-0.15, -0.1) is 0 Å². The van der Waals surface area contributed by atoms with Crippen LogP contribution in [0.25, 0.3) is 6.08 Å². The van der Waals surface area contributed by atoms with Gasteiger partial charge in [0, 0.05) is 0 Å². The van der Waals surface area contributed by atoms with Crippen LogP contribution in [0.2, 0.25) is 5.02 Å². The number of hydrogen-bond acceptors (Lipinski definition) is 3. The van der Waals surface area contributed by atoms with Gasteiger partial charge in [-0.3, -0.25) is 4.79 Å². The summed E-state index contributed by atoms with van der Waals surface area (Å²) in [5.74, 6) is -0.937. The van der Waals surface area contributed by atoms with Gasteiger partial charge in [-0.05, 0) is 53.7 Å². The number of carbonyl (C=O) groups is 1. The molecule has 1 heterocycles. The van der Waals surface area contributed by atoms with Gasteiger partial charge in [-0.1, -0.05) is 23.7 Å². The number of rotatable bonds is 2. The fraction of sp³-hybridized carbons (Fsp3) is 0.0588. The van der Waals surface area contributed by atoms with Crippen LogP contribution in [0.15, 0.2) is 52.4 Å². The molecule has 3 rings (SSSR count). The molecule has 1 N–H and O–H groups in total. The van der Waals surface area contributed by atoms with Crippen LogP contribution >= 0.6 is 23.4 Å². The third kappa shape index (κ3) is 4.25. The van der Waals surface area contributed by atoms with E-state index in [2.05, 4.69) is 10.3 Å². The molecular weight excluding hydrogens is 392 g/mol. The molecule has 0 unspecified atom stereocenters. The molecule has 1 amide bonds. The average Bonchev–Trinajstić information content (AvgIpc) is 2.88. The summed E-state index contributed by atoms with van der Waals surface area (Å²) in [4.78, 5) is 16.2. The lowest BCUT2D eigenvalue weighted by Crippen LogP contribution is -2.19. The topological polar surface area (TPSA) is 41.5 Å². The molecule has 134 valence electrons. The first kappa shape index (κ1) is 18.5. The van der Waals surface area contributed by atoms with Gasteiger partial charge in [-0.25, -0.2) is 9.38 Å². The summed E-state index contributed by atoms with van der Waals surface area (Å²) < 4.78 is 51.6. The van der Waals surface area contributed by atoms with Crippen molar-refractivity contribution in [1.82, 2.24) is 5.32 Å². The minimum Gasteiger partial charge on any atom is -0.300 e. The Morgan fingerprint density at radius 1 is 1.15 bits per heavy atom. The van der Waals surface area contributed by atoms with Crippen molar-refractivity contribution >= 4 is 46.2 Å². The molecule has 1 saturated heterocycles. The number of nitrogens with zero attached hydrogens (tertiary/aromatic N) is 1. The van der Waals surface area contributed by atoms with E-state index in [0.717, 1.165) is 30.0 Å². The van der Waals surface area contributed by atoms with Crippen LogP contribution in [0.5, 0.6) is 0 Å². The van der Waals surface area contributed by atoms with Crippen molar-refractivity contribution in [2.24, 2.45) is 4.99 Å². The van der Waals surface area contributed by atoms with E-state index in [4.69, 9.17) is 11.6 Å². The van der Waals surface area contributed by atoms with Crippen LogP contribution in [0.4, 0.5) is 23.2 Å². The second-order valence-corrected chi connectivity index (χ2v) is 6.64. The second-order valence-electron chi connectivity index (χ2n) is 5.20. The molecule has 0 aliphatic carbocycles. The Kier molecular flexibility index (Phi) is 5.06. The monoisotopic (exact) mass is 400 g/mol. The average molecular weight is 401 g/mol. The minimum absolute atomic E-state index is 0.0166. The Labute approximate surface area is 154 Å².